The first-order valence-corrected chi connectivity index (χ1v) is 8.04. The first-order valence-electron chi connectivity index (χ1n) is 7.23. The summed E-state index contributed by atoms with van der Waals surface area (Å²) in [7, 11) is 0. The highest BCUT2D eigenvalue weighted by Gasteiger charge is 2.26. The van der Waals surface area contributed by atoms with Gasteiger partial charge in [0.15, 0.2) is 0 Å². The van der Waals surface area contributed by atoms with Crippen LogP contribution in [0.5, 0.6) is 0 Å². The number of thiophene rings is 1. The summed E-state index contributed by atoms with van der Waals surface area (Å²) in [5, 5.41) is 15.8. The van der Waals surface area contributed by atoms with E-state index in [9.17, 15) is 9.90 Å². The third-order valence-corrected chi connectivity index (χ3v) is 4.35. The second-order valence-electron chi connectivity index (χ2n) is 5.70. The lowest BCUT2D eigenvalue weighted by atomic mass is 10.0. The number of amides is 2. The summed E-state index contributed by atoms with van der Waals surface area (Å²) in [6.45, 7) is 5.70. The topological polar surface area (TPSA) is 74.5 Å². The summed E-state index contributed by atoms with van der Waals surface area (Å²) < 4.78 is 5.17. The molecular formula is C16H22N2O3S. The molecule has 2 aromatic heterocycles. The van der Waals surface area contributed by atoms with Crippen molar-refractivity contribution in [2.45, 2.75) is 38.8 Å². The predicted octanol–water partition coefficient (Wildman–Crippen LogP) is 2.79. The summed E-state index contributed by atoms with van der Waals surface area (Å²) in [4.78, 5) is 14.4. The van der Waals surface area contributed by atoms with Gasteiger partial charge in [-0.15, -0.1) is 11.3 Å². The second kappa shape index (κ2) is 6.98. The molecule has 2 heterocycles. The molecule has 2 rings (SSSR count). The zero-order chi connectivity index (χ0) is 16.2. The van der Waals surface area contributed by atoms with Crippen LogP contribution in [0, 0.1) is 6.92 Å². The van der Waals surface area contributed by atoms with Crippen LogP contribution in [0.4, 0.5) is 4.79 Å². The maximum atomic E-state index is 11.9. The lowest BCUT2D eigenvalue weighted by molar-refractivity contribution is 0.0366. The van der Waals surface area contributed by atoms with Crippen LogP contribution in [-0.2, 0) is 12.0 Å². The molecule has 120 valence electrons. The standard InChI is InChI=1S/C16H22N2O3S/c1-11(9-13-7-6-12(2)22-13)18-15(19)17-10-16(3,20)14-5-4-8-21-14/h4-8,11,20H,9-10H2,1-3H3,(H2,17,18,19). The van der Waals surface area contributed by atoms with Gasteiger partial charge in [-0.05, 0) is 45.0 Å². The zero-order valence-electron chi connectivity index (χ0n) is 13.1. The molecule has 6 heteroatoms. The Kier molecular flexibility index (Phi) is 5.26. The van der Waals surface area contributed by atoms with E-state index in [1.54, 1.807) is 30.4 Å². The third kappa shape index (κ3) is 4.61. The maximum absolute atomic E-state index is 11.9. The molecule has 2 atom stereocenters. The Bertz CT molecular complexity index is 605. The lowest BCUT2D eigenvalue weighted by Gasteiger charge is -2.22. The number of carbonyl (C=O) groups excluding carboxylic acids is 1. The van der Waals surface area contributed by atoms with Crippen molar-refractivity contribution >= 4 is 17.4 Å². The van der Waals surface area contributed by atoms with E-state index in [0.29, 0.717) is 5.76 Å². The Morgan fingerprint density at radius 3 is 2.82 bits per heavy atom. The highest BCUT2D eigenvalue weighted by atomic mass is 32.1. The van der Waals surface area contributed by atoms with Crippen LogP contribution in [0.3, 0.4) is 0 Å². The fraction of sp³-hybridized carbons (Fsp3) is 0.438. The Hall–Kier alpha value is -1.79. The molecule has 22 heavy (non-hydrogen) atoms. The molecule has 0 aliphatic rings. The molecule has 2 aromatic rings. The monoisotopic (exact) mass is 322 g/mol. The zero-order valence-corrected chi connectivity index (χ0v) is 13.9. The van der Waals surface area contributed by atoms with Crippen LogP contribution in [0.25, 0.3) is 0 Å². The van der Waals surface area contributed by atoms with Crippen molar-refractivity contribution in [2.75, 3.05) is 6.54 Å². The molecule has 0 spiro atoms. The number of rotatable bonds is 6. The van der Waals surface area contributed by atoms with Gasteiger partial charge in [-0.2, -0.15) is 0 Å². The summed E-state index contributed by atoms with van der Waals surface area (Å²) in [6.07, 6.45) is 2.29. The molecule has 5 nitrogen and oxygen atoms in total. The largest absolute Gasteiger partial charge is 0.466 e. The minimum absolute atomic E-state index is 0.0200. The van der Waals surface area contributed by atoms with E-state index in [4.69, 9.17) is 4.42 Å². The van der Waals surface area contributed by atoms with Gasteiger partial charge in [0.05, 0.1) is 12.8 Å². The first kappa shape index (κ1) is 16.6. The number of nitrogens with one attached hydrogen (secondary N) is 2. The van der Waals surface area contributed by atoms with E-state index in [-0.39, 0.29) is 18.6 Å². The molecule has 0 aliphatic heterocycles. The lowest BCUT2D eigenvalue weighted by Crippen LogP contribution is -2.46. The van der Waals surface area contributed by atoms with Crippen molar-refractivity contribution < 1.29 is 14.3 Å². The molecule has 0 fully saturated rings. The normalized spacial score (nSPS) is 15.1. The van der Waals surface area contributed by atoms with Crippen molar-refractivity contribution in [2.24, 2.45) is 0 Å². The smallest absolute Gasteiger partial charge is 0.315 e. The molecule has 3 N–H and O–H groups in total. The number of aliphatic hydroxyl groups is 1. The number of aryl methyl sites for hydroxylation is 1. The van der Waals surface area contributed by atoms with Crippen molar-refractivity contribution in [1.29, 1.82) is 0 Å². The van der Waals surface area contributed by atoms with Crippen molar-refractivity contribution in [1.82, 2.24) is 10.6 Å². The van der Waals surface area contributed by atoms with Gasteiger partial charge in [0.25, 0.3) is 0 Å². The van der Waals surface area contributed by atoms with Crippen LogP contribution in [-0.4, -0.2) is 23.7 Å². The van der Waals surface area contributed by atoms with E-state index >= 15 is 0 Å². The minimum Gasteiger partial charge on any atom is -0.466 e. The Balaban J connectivity index is 1.78. The van der Waals surface area contributed by atoms with Crippen LogP contribution >= 0.6 is 11.3 Å². The molecule has 2 amide bonds. The molecule has 0 saturated carbocycles. The van der Waals surface area contributed by atoms with Gasteiger partial charge in [-0.1, -0.05) is 0 Å². The number of furan rings is 1. The molecule has 0 radical (unpaired) electrons. The number of hydrogen-bond donors (Lipinski definition) is 3. The first-order chi connectivity index (χ1) is 10.4. The van der Waals surface area contributed by atoms with Gasteiger partial charge in [0.1, 0.15) is 11.4 Å². The summed E-state index contributed by atoms with van der Waals surface area (Å²) >= 11 is 1.73. The van der Waals surface area contributed by atoms with Gasteiger partial charge in [-0.25, -0.2) is 4.79 Å². The number of carbonyl (C=O) groups is 1. The van der Waals surface area contributed by atoms with E-state index in [1.165, 1.54) is 16.0 Å². The van der Waals surface area contributed by atoms with E-state index in [2.05, 4.69) is 29.7 Å². The molecule has 0 aromatic carbocycles. The Morgan fingerprint density at radius 1 is 1.45 bits per heavy atom. The highest BCUT2D eigenvalue weighted by molar-refractivity contribution is 7.11. The maximum Gasteiger partial charge on any atom is 0.315 e. The van der Waals surface area contributed by atoms with Gasteiger partial charge in [0.2, 0.25) is 0 Å². The average molecular weight is 322 g/mol. The minimum atomic E-state index is -1.23. The molecule has 0 saturated heterocycles. The Morgan fingerprint density at radius 2 is 2.23 bits per heavy atom. The summed E-state index contributed by atoms with van der Waals surface area (Å²) in [6, 6.07) is 7.26. The predicted molar refractivity (Wildman–Crippen MR) is 87.0 cm³/mol. The quantitative estimate of drug-likeness (QED) is 0.765. The highest BCUT2D eigenvalue weighted by Crippen LogP contribution is 2.19. The molecule has 0 aliphatic carbocycles. The van der Waals surface area contributed by atoms with Gasteiger partial charge >= 0.3 is 6.03 Å². The van der Waals surface area contributed by atoms with Gasteiger partial charge in [0, 0.05) is 22.2 Å². The third-order valence-electron chi connectivity index (χ3n) is 3.33. The summed E-state index contributed by atoms with van der Waals surface area (Å²) in [5.41, 5.74) is -1.23. The van der Waals surface area contributed by atoms with Crippen LogP contribution in [0.2, 0.25) is 0 Å². The van der Waals surface area contributed by atoms with Gasteiger partial charge in [-0.3, -0.25) is 0 Å². The average Bonchev–Trinajstić information content (AvgIpc) is 3.08. The van der Waals surface area contributed by atoms with E-state index in [0.717, 1.165) is 6.42 Å². The van der Waals surface area contributed by atoms with Crippen molar-refractivity contribution in [3.05, 3.63) is 46.0 Å². The fourth-order valence-corrected chi connectivity index (χ4v) is 3.17. The molecule has 2 unspecified atom stereocenters. The second-order valence-corrected chi connectivity index (χ2v) is 7.07. The van der Waals surface area contributed by atoms with Crippen molar-refractivity contribution in [3.8, 4) is 0 Å². The number of urea groups is 1. The fourth-order valence-electron chi connectivity index (χ4n) is 2.15. The SMILES string of the molecule is Cc1ccc(CC(C)NC(=O)NCC(C)(O)c2ccco2)s1. The van der Waals surface area contributed by atoms with E-state index in [1.807, 2.05) is 6.92 Å². The van der Waals surface area contributed by atoms with Gasteiger partial charge < -0.3 is 20.2 Å². The summed E-state index contributed by atoms with van der Waals surface area (Å²) in [5.74, 6) is 0.426. The van der Waals surface area contributed by atoms with E-state index < -0.39 is 5.60 Å². The molecular weight excluding hydrogens is 300 g/mol. The van der Waals surface area contributed by atoms with Crippen LogP contribution in [0.15, 0.2) is 34.9 Å². The Labute approximate surface area is 134 Å². The van der Waals surface area contributed by atoms with Crippen LogP contribution in [0.1, 0.15) is 29.4 Å². The van der Waals surface area contributed by atoms with Crippen LogP contribution < -0.4 is 10.6 Å². The number of hydrogen-bond acceptors (Lipinski definition) is 4. The van der Waals surface area contributed by atoms with Crippen molar-refractivity contribution in [3.63, 3.8) is 0 Å². The molecule has 0 bridgehead atoms.